The van der Waals surface area contributed by atoms with Gasteiger partial charge in [0.1, 0.15) is 0 Å². The van der Waals surface area contributed by atoms with Gasteiger partial charge in [-0.15, -0.1) is 23.2 Å². The van der Waals surface area contributed by atoms with Gasteiger partial charge >= 0.3 is 11.9 Å². The van der Waals surface area contributed by atoms with Crippen LogP contribution in [0.4, 0.5) is 0 Å². The van der Waals surface area contributed by atoms with Gasteiger partial charge in [0.25, 0.3) is 0 Å². The van der Waals surface area contributed by atoms with E-state index in [9.17, 15) is 19.8 Å². The summed E-state index contributed by atoms with van der Waals surface area (Å²) >= 11 is 13.0. The quantitative estimate of drug-likeness (QED) is 0.767. The van der Waals surface area contributed by atoms with Crippen LogP contribution < -0.4 is 0 Å². The molecule has 0 atom stereocenters. The summed E-state index contributed by atoms with van der Waals surface area (Å²) in [4.78, 5) is 21.6. The van der Waals surface area contributed by atoms with Crippen molar-refractivity contribution in [1.82, 2.24) is 0 Å². The number of halogens is 2. The number of carbonyl (C=O) groups is 2. The number of carboxylic acid groups (broad SMARTS) is 2. The number of alkyl halides is 2. The zero-order chi connectivity index (χ0) is 13.4. The van der Waals surface area contributed by atoms with E-state index < -0.39 is 32.5 Å². The van der Waals surface area contributed by atoms with Crippen molar-refractivity contribution < 1.29 is 19.8 Å². The first-order valence-corrected chi connectivity index (χ1v) is 6.73. The van der Waals surface area contributed by atoms with E-state index in [1.54, 1.807) is 0 Å². The zero-order valence-corrected chi connectivity index (χ0v) is 11.2. The Labute approximate surface area is 114 Å². The molecular weight excluding hydrogens is 279 g/mol. The van der Waals surface area contributed by atoms with Crippen molar-refractivity contribution in [2.75, 3.05) is 0 Å². The molecule has 0 unspecified atom stereocenters. The van der Waals surface area contributed by atoms with Gasteiger partial charge in [-0.25, -0.2) is 0 Å². The van der Waals surface area contributed by atoms with Crippen LogP contribution >= 0.6 is 23.2 Å². The van der Waals surface area contributed by atoms with Gasteiger partial charge < -0.3 is 10.2 Å². The summed E-state index contributed by atoms with van der Waals surface area (Å²) in [7, 11) is 0. The van der Waals surface area contributed by atoms with E-state index in [1.165, 1.54) is 0 Å². The minimum absolute atomic E-state index is 0.160. The van der Waals surface area contributed by atoms with Gasteiger partial charge in [-0.05, 0) is 38.5 Å². The Hall–Kier alpha value is -0.480. The topological polar surface area (TPSA) is 74.6 Å². The minimum atomic E-state index is -1.06. The van der Waals surface area contributed by atoms with Gasteiger partial charge in [-0.2, -0.15) is 0 Å². The SMILES string of the molecule is O=C(O)C12CC3(Cl)CC(Cl)(C1)CC(C(=O)O)(C3)C2. The lowest BCUT2D eigenvalue weighted by molar-refractivity contribution is -0.181. The van der Waals surface area contributed by atoms with E-state index in [0.717, 1.165) is 0 Å². The molecule has 0 aromatic heterocycles. The van der Waals surface area contributed by atoms with Gasteiger partial charge in [-0.1, -0.05) is 0 Å². The fraction of sp³-hybridized carbons (Fsp3) is 0.833. The summed E-state index contributed by atoms with van der Waals surface area (Å²) in [5.41, 5.74) is -2.12. The first-order chi connectivity index (χ1) is 8.13. The summed E-state index contributed by atoms with van der Waals surface area (Å²) in [5.74, 6) is -1.91. The molecule has 4 saturated carbocycles. The van der Waals surface area contributed by atoms with Crippen LogP contribution in [-0.4, -0.2) is 31.9 Å². The third-order valence-electron chi connectivity index (χ3n) is 4.84. The molecule has 0 aromatic carbocycles. The second-order valence-electron chi connectivity index (χ2n) is 6.53. The van der Waals surface area contributed by atoms with Crippen LogP contribution in [-0.2, 0) is 9.59 Å². The number of rotatable bonds is 2. The Kier molecular flexibility index (Phi) is 2.20. The molecule has 0 aliphatic heterocycles. The van der Waals surface area contributed by atoms with E-state index in [2.05, 4.69) is 0 Å². The van der Waals surface area contributed by atoms with Crippen molar-refractivity contribution in [1.29, 1.82) is 0 Å². The summed E-state index contributed by atoms with van der Waals surface area (Å²) in [6.07, 6.45) is 2.00. The normalized spacial score (nSPS) is 53.4. The van der Waals surface area contributed by atoms with E-state index in [1.807, 2.05) is 0 Å². The van der Waals surface area contributed by atoms with E-state index in [0.29, 0.717) is 32.1 Å². The minimum Gasteiger partial charge on any atom is -0.481 e. The van der Waals surface area contributed by atoms with Crippen molar-refractivity contribution >= 4 is 35.1 Å². The Morgan fingerprint density at radius 1 is 0.722 bits per heavy atom. The predicted octanol–water partition coefficient (Wildman–Crippen LogP) is 2.47. The molecule has 4 aliphatic rings. The molecule has 4 nitrogen and oxygen atoms in total. The maximum absolute atomic E-state index is 11.6. The lowest BCUT2D eigenvalue weighted by atomic mass is 9.43. The fourth-order valence-corrected chi connectivity index (χ4v) is 6.45. The molecule has 0 saturated heterocycles. The fourth-order valence-electron chi connectivity index (χ4n) is 4.85. The molecule has 4 aliphatic carbocycles. The highest BCUT2D eigenvalue weighted by Crippen LogP contribution is 2.71. The Balaban J connectivity index is 2.15. The third kappa shape index (κ3) is 1.45. The highest BCUT2D eigenvalue weighted by atomic mass is 35.5. The summed E-state index contributed by atoms with van der Waals surface area (Å²) < 4.78 is 0. The van der Waals surface area contributed by atoms with Gasteiger partial charge in [0.15, 0.2) is 0 Å². The maximum Gasteiger partial charge on any atom is 0.309 e. The molecule has 100 valence electrons. The highest BCUT2D eigenvalue weighted by Gasteiger charge is 2.72. The molecule has 18 heavy (non-hydrogen) atoms. The molecule has 0 amide bonds. The highest BCUT2D eigenvalue weighted by molar-refractivity contribution is 6.29. The van der Waals surface area contributed by atoms with Gasteiger partial charge in [-0.3, -0.25) is 9.59 Å². The van der Waals surface area contributed by atoms with Crippen molar-refractivity contribution in [2.45, 2.75) is 48.3 Å². The average molecular weight is 293 g/mol. The van der Waals surface area contributed by atoms with Crippen LogP contribution in [0.2, 0.25) is 0 Å². The number of aliphatic carboxylic acids is 2. The summed E-state index contributed by atoms with van der Waals surface area (Å²) in [6, 6.07) is 0. The van der Waals surface area contributed by atoms with Gasteiger partial charge in [0.2, 0.25) is 0 Å². The molecule has 0 radical (unpaired) electrons. The first-order valence-electron chi connectivity index (χ1n) is 5.98. The largest absolute Gasteiger partial charge is 0.481 e. The van der Waals surface area contributed by atoms with Crippen LogP contribution in [0, 0.1) is 10.8 Å². The van der Waals surface area contributed by atoms with E-state index in [-0.39, 0.29) is 6.42 Å². The average Bonchev–Trinajstić information content (AvgIpc) is 2.10. The maximum atomic E-state index is 11.6. The zero-order valence-electron chi connectivity index (χ0n) is 9.71. The molecule has 4 rings (SSSR count). The number of carboxylic acids is 2. The van der Waals surface area contributed by atoms with Crippen LogP contribution in [0.1, 0.15) is 38.5 Å². The molecule has 2 N–H and O–H groups in total. The molecule has 4 bridgehead atoms. The predicted molar refractivity (Wildman–Crippen MR) is 65.0 cm³/mol. The van der Waals surface area contributed by atoms with Crippen molar-refractivity contribution in [3.8, 4) is 0 Å². The van der Waals surface area contributed by atoms with Crippen molar-refractivity contribution in [2.24, 2.45) is 10.8 Å². The standard InChI is InChI=1S/C12H14Cl2O4/c13-11-2-9(7(15)16)1-10(4-11,8(17)18)5-12(14,3-9)6-11/h1-6H2,(H,15,16)(H,17,18). The lowest BCUT2D eigenvalue weighted by Gasteiger charge is -2.64. The summed E-state index contributed by atoms with van der Waals surface area (Å²) in [5, 5.41) is 19.0. The van der Waals surface area contributed by atoms with Crippen LogP contribution in [0.5, 0.6) is 0 Å². The Morgan fingerprint density at radius 2 is 1.06 bits per heavy atom. The molecular formula is C12H14Cl2O4. The first kappa shape index (κ1) is 12.5. The molecule has 0 heterocycles. The van der Waals surface area contributed by atoms with Crippen LogP contribution in [0.3, 0.4) is 0 Å². The second-order valence-corrected chi connectivity index (χ2v) is 8.14. The van der Waals surface area contributed by atoms with Crippen LogP contribution in [0.25, 0.3) is 0 Å². The number of hydrogen-bond acceptors (Lipinski definition) is 2. The second kappa shape index (κ2) is 3.15. The van der Waals surface area contributed by atoms with Crippen LogP contribution in [0.15, 0.2) is 0 Å². The van der Waals surface area contributed by atoms with E-state index in [4.69, 9.17) is 23.2 Å². The molecule has 4 fully saturated rings. The molecule has 0 spiro atoms. The molecule has 6 heteroatoms. The third-order valence-corrected chi connectivity index (χ3v) is 5.64. The Bertz CT molecular complexity index is 407. The number of hydrogen-bond donors (Lipinski definition) is 2. The lowest BCUT2D eigenvalue weighted by Crippen LogP contribution is -2.67. The van der Waals surface area contributed by atoms with E-state index >= 15 is 0 Å². The summed E-state index contributed by atoms with van der Waals surface area (Å²) in [6.45, 7) is 0. The van der Waals surface area contributed by atoms with Crippen molar-refractivity contribution in [3.05, 3.63) is 0 Å². The monoisotopic (exact) mass is 292 g/mol. The smallest absolute Gasteiger partial charge is 0.309 e. The molecule has 0 aromatic rings. The van der Waals surface area contributed by atoms with Gasteiger partial charge in [0, 0.05) is 9.75 Å². The van der Waals surface area contributed by atoms with Gasteiger partial charge in [0.05, 0.1) is 10.8 Å². The van der Waals surface area contributed by atoms with Crippen molar-refractivity contribution in [3.63, 3.8) is 0 Å². The Morgan fingerprint density at radius 3 is 1.33 bits per heavy atom.